The Kier molecular flexibility index (Phi) is 7.70. The molecule has 2 rings (SSSR count). The van der Waals surface area contributed by atoms with E-state index >= 15 is 0 Å². The van der Waals surface area contributed by atoms with E-state index in [4.69, 9.17) is 17.0 Å². The molecule has 0 saturated carbocycles. The fourth-order valence-corrected chi connectivity index (χ4v) is 2.85. The van der Waals surface area contributed by atoms with Crippen LogP contribution in [0.3, 0.4) is 0 Å². The molecule has 2 aromatic carbocycles. The number of carbonyl (C=O) groups is 1. The van der Waals surface area contributed by atoms with E-state index in [9.17, 15) is 20.0 Å². The molecule has 0 aromatic heterocycles. The monoisotopic (exact) mass is 467 g/mol. The number of nitro benzene ring substituents is 1. The molecular formula is C18H18BrN3O5S. The van der Waals surface area contributed by atoms with Gasteiger partial charge in [-0.15, -0.1) is 0 Å². The highest BCUT2D eigenvalue weighted by Crippen LogP contribution is 2.28. The van der Waals surface area contributed by atoms with Crippen molar-refractivity contribution in [2.45, 2.75) is 19.8 Å². The second-order valence-corrected chi connectivity index (χ2v) is 6.98. The maximum Gasteiger partial charge on any atom is 0.271 e. The molecule has 0 unspecified atom stereocenters. The van der Waals surface area contributed by atoms with E-state index in [1.54, 1.807) is 18.2 Å². The van der Waals surface area contributed by atoms with Gasteiger partial charge < -0.3 is 15.2 Å². The molecule has 1 amide bonds. The minimum absolute atomic E-state index is 0.0142. The van der Waals surface area contributed by atoms with Crippen molar-refractivity contribution in [2.75, 3.05) is 11.9 Å². The van der Waals surface area contributed by atoms with Crippen LogP contribution in [0.25, 0.3) is 0 Å². The number of hydrogen-bond acceptors (Lipinski definition) is 6. The molecule has 0 heterocycles. The topological polar surface area (TPSA) is 114 Å². The largest absolute Gasteiger partial charge is 0.506 e. The number of non-ortho nitro benzene ring substituents is 1. The zero-order valence-corrected chi connectivity index (χ0v) is 17.3. The Morgan fingerprint density at radius 3 is 2.71 bits per heavy atom. The number of nitrogens with zero attached hydrogens (tertiary/aromatic N) is 1. The van der Waals surface area contributed by atoms with Gasteiger partial charge in [0.25, 0.3) is 11.6 Å². The van der Waals surface area contributed by atoms with E-state index in [2.05, 4.69) is 33.5 Å². The molecule has 0 aliphatic carbocycles. The van der Waals surface area contributed by atoms with Crippen molar-refractivity contribution >= 4 is 50.5 Å². The van der Waals surface area contributed by atoms with E-state index in [-0.39, 0.29) is 22.2 Å². The van der Waals surface area contributed by atoms with E-state index in [0.717, 1.165) is 25.0 Å². The van der Waals surface area contributed by atoms with Crippen LogP contribution in [-0.4, -0.2) is 27.7 Å². The summed E-state index contributed by atoms with van der Waals surface area (Å²) < 4.78 is 6.25. The molecular weight excluding hydrogens is 450 g/mol. The van der Waals surface area contributed by atoms with Crippen LogP contribution < -0.4 is 15.4 Å². The first-order chi connectivity index (χ1) is 13.3. The SMILES string of the molecule is CCCCOc1ccc(C(=O)NC(=S)Nc2cc([N+](=O)[O-])ccc2O)cc1Br. The Morgan fingerprint density at radius 2 is 2.07 bits per heavy atom. The van der Waals surface area contributed by atoms with Crippen molar-refractivity contribution in [2.24, 2.45) is 0 Å². The minimum atomic E-state index is -0.603. The molecule has 8 nitrogen and oxygen atoms in total. The number of phenolic OH excluding ortho intramolecular Hbond substituents is 1. The number of halogens is 1. The molecule has 2 aromatic rings. The first kappa shape index (κ1) is 21.6. The van der Waals surface area contributed by atoms with Crippen LogP contribution >= 0.6 is 28.1 Å². The summed E-state index contributed by atoms with van der Waals surface area (Å²) in [5.74, 6) is -0.0889. The number of unbranched alkanes of at least 4 members (excludes halogenated alkanes) is 1. The third-order valence-corrected chi connectivity index (χ3v) is 4.44. The van der Waals surface area contributed by atoms with Crippen molar-refractivity contribution in [3.05, 3.63) is 56.5 Å². The summed E-state index contributed by atoms with van der Waals surface area (Å²) in [4.78, 5) is 22.6. The summed E-state index contributed by atoms with van der Waals surface area (Å²) in [5, 5.41) is 25.6. The van der Waals surface area contributed by atoms with Crippen LogP contribution in [0.1, 0.15) is 30.1 Å². The molecule has 0 atom stereocenters. The lowest BCUT2D eigenvalue weighted by atomic mass is 10.2. The fourth-order valence-electron chi connectivity index (χ4n) is 2.15. The molecule has 10 heteroatoms. The number of hydrogen-bond donors (Lipinski definition) is 3. The van der Waals surface area contributed by atoms with Gasteiger partial charge in [-0.1, -0.05) is 13.3 Å². The molecule has 3 N–H and O–H groups in total. The van der Waals surface area contributed by atoms with Gasteiger partial charge in [-0.2, -0.15) is 0 Å². The van der Waals surface area contributed by atoms with Crippen LogP contribution in [0.15, 0.2) is 40.9 Å². The lowest BCUT2D eigenvalue weighted by molar-refractivity contribution is -0.384. The lowest BCUT2D eigenvalue weighted by Gasteiger charge is -2.12. The molecule has 0 spiro atoms. The summed E-state index contributed by atoms with van der Waals surface area (Å²) in [5.41, 5.74) is 0.125. The van der Waals surface area contributed by atoms with Crippen LogP contribution in [0.5, 0.6) is 11.5 Å². The first-order valence-corrected chi connectivity index (χ1v) is 9.54. The summed E-state index contributed by atoms with van der Waals surface area (Å²) in [7, 11) is 0. The van der Waals surface area contributed by atoms with Crippen LogP contribution in [0.2, 0.25) is 0 Å². The summed E-state index contributed by atoms with van der Waals surface area (Å²) >= 11 is 8.42. The number of nitrogens with one attached hydrogen (secondary N) is 2. The predicted octanol–water partition coefficient (Wildman–Crippen LogP) is 4.37. The van der Waals surface area contributed by atoms with E-state index < -0.39 is 10.8 Å². The van der Waals surface area contributed by atoms with Gasteiger partial charge in [0, 0.05) is 17.7 Å². The Hall–Kier alpha value is -2.72. The number of thiocarbonyl (C=S) groups is 1. The maximum atomic E-state index is 12.4. The number of nitro groups is 1. The lowest BCUT2D eigenvalue weighted by Crippen LogP contribution is -2.34. The number of carbonyl (C=O) groups excluding carboxylic acids is 1. The van der Waals surface area contributed by atoms with Gasteiger partial charge in [-0.3, -0.25) is 20.2 Å². The third kappa shape index (κ3) is 5.89. The van der Waals surface area contributed by atoms with Gasteiger partial charge in [-0.25, -0.2) is 0 Å². The molecule has 0 radical (unpaired) electrons. The summed E-state index contributed by atoms with van der Waals surface area (Å²) in [6.07, 6.45) is 1.95. The van der Waals surface area contributed by atoms with Crippen molar-refractivity contribution in [3.63, 3.8) is 0 Å². The number of rotatable bonds is 7. The van der Waals surface area contributed by atoms with Gasteiger partial charge in [0.2, 0.25) is 0 Å². The number of amides is 1. The Morgan fingerprint density at radius 1 is 1.32 bits per heavy atom. The van der Waals surface area contributed by atoms with Crippen LogP contribution in [-0.2, 0) is 0 Å². The standard InChI is InChI=1S/C18H18BrN3O5S/c1-2-3-8-27-16-7-4-11(9-13(16)19)17(24)21-18(28)20-14-10-12(22(25)26)5-6-15(14)23/h4-7,9-10,23H,2-3,8H2,1H3,(H2,20,21,24,28). The Bertz CT molecular complexity index is 907. The summed E-state index contributed by atoms with van der Waals surface area (Å²) in [6.45, 7) is 2.65. The molecule has 148 valence electrons. The number of benzene rings is 2. The van der Waals surface area contributed by atoms with Gasteiger partial charge >= 0.3 is 0 Å². The fraction of sp³-hybridized carbons (Fsp3) is 0.222. The zero-order chi connectivity index (χ0) is 20.7. The molecule has 0 bridgehead atoms. The highest BCUT2D eigenvalue weighted by molar-refractivity contribution is 9.10. The zero-order valence-electron chi connectivity index (χ0n) is 14.9. The van der Waals surface area contributed by atoms with E-state index in [0.29, 0.717) is 22.4 Å². The van der Waals surface area contributed by atoms with Gasteiger partial charge in [0.15, 0.2) is 5.11 Å². The van der Waals surface area contributed by atoms with Crippen LogP contribution in [0, 0.1) is 10.1 Å². The molecule has 0 aliphatic rings. The molecule has 0 aliphatic heterocycles. The first-order valence-electron chi connectivity index (χ1n) is 8.34. The van der Waals surface area contributed by atoms with E-state index in [1.807, 2.05) is 0 Å². The second-order valence-electron chi connectivity index (χ2n) is 5.71. The highest BCUT2D eigenvalue weighted by Gasteiger charge is 2.14. The highest BCUT2D eigenvalue weighted by atomic mass is 79.9. The maximum absolute atomic E-state index is 12.4. The predicted molar refractivity (Wildman–Crippen MR) is 113 cm³/mol. The number of aromatic hydroxyl groups is 1. The van der Waals surface area contributed by atoms with E-state index in [1.165, 1.54) is 6.07 Å². The van der Waals surface area contributed by atoms with Crippen molar-refractivity contribution in [3.8, 4) is 11.5 Å². The Labute approximate surface area is 175 Å². The normalized spacial score (nSPS) is 10.2. The number of phenols is 1. The number of ether oxygens (including phenoxy) is 1. The number of anilines is 1. The quantitative estimate of drug-likeness (QED) is 0.182. The summed E-state index contributed by atoms with van der Waals surface area (Å²) in [6, 6.07) is 8.31. The van der Waals surface area contributed by atoms with Gasteiger partial charge in [0.05, 0.1) is 21.7 Å². The average Bonchev–Trinajstić information content (AvgIpc) is 2.64. The Balaban J connectivity index is 2.02. The third-order valence-electron chi connectivity index (χ3n) is 3.62. The van der Waals surface area contributed by atoms with Crippen molar-refractivity contribution in [1.82, 2.24) is 5.32 Å². The van der Waals surface area contributed by atoms with Gasteiger partial charge in [0.1, 0.15) is 11.5 Å². The van der Waals surface area contributed by atoms with Crippen LogP contribution in [0.4, 0.5) is 11.4 Å². The average molecular weight is 468 g/mol. The molecule has 28 heavy (non-hydrogen) atoms. The van der Waals surface area contributed by atoms with Crippen molar-refractivity contribution < 1.29 is 19.6 Å². The second kappa shape index (κ2) is 10.00. The molecule has 0 saturated heterocycles. The minimum Gasteiger partial charge on any atom is -0.506 e. The van der Waals surface area contributed by atoms with Crippen molar-refractivity contribution in [1.29, 1.82) is 0 Å². The molecule has 0 fully saturated rings. The smallest absolute Gasteiger partial charge is 0.271 e. The van der Waals surface area contributed by atoms with Gasteiger partial charge in [-0.05, 0) is 58.8 Å².